The van der Waals surface area contributed by atoms with Gasteiger partial charge in [-0.1, -0.05) is 30.3 Å². The molecule has 0 radical (unpaired) electrons. The van der Waals surface area contributed by atoms with Gasteiger partial charge in [0.15, 0.2) is 5.65 Å². The summed E-state index contributed by atoms with van der Waals surface area (Å²) in [5, 5.41) is 12.3. The SMILES string of the molecule is FC(F)(F)C(F)(F)C(F)(F)c1nnc2ccc(NCc3ccccc3)nn12. The fraction of sp³-hybridized carbons (Fsp3) is 0.267. The van der Waals surface area contributed by atoms with Crippen LogP contribution < -0.4 is 5.32 Å². The van der Waals surface area contributed by atoms with Crippen LogP contribution in [0.4, 0.5) is 36.6 Å². The Labute approximate surface area is 146 Å². The van der Waals surface area contributed by atoms with E-state index in [0.717, 1.165) is 11.6 Å². The van der Waals surface area contributed by atoms with Gasteiger partial charge in [-0.15, -0.1) is 15.3 Å². The van der Waals surface area contributed by atoms with Gasteiger partial charge in [-0.05, 0) is 17.7 Å². The molecule has 144 valence electrons. The molecule has 0 aliphatic carbocycles. The van der Waals surface area contributed by atoms with Crippen molar-refractivity contribution in [2.24, 2.45) is 0 Å². The van der Waals surface area contributed by atoms with Gasteiger partial charge in [0, 0.05) is 6.54 Å². The highest BCUT2D eigenvalue weighted by molar-refractivity contribution is 5.44. The number of halogens is 7. The average Bonchev–Trinajstić information content (AvgIpc) is 3.03. The van der Waals surface area contributed by atoms with Crippen molar-refractivity contribution in [1.82, 2.24) is 19.8 Å². The van der Waals surface area contributed by atoms with Crippen LogP contribution in [0.1, 0.15) is 11.4 Å². The number of fused-ring (bicyclic) bond motifs is 1. The number of hydrogen-bond donors (Lipinski definition) is 1. The lowest BCUT2D eigenvalue weighted by atomic mass is 10.1. The van der Waals surface area contributed by atoms with E-state index in [4.69, 9.17) is 0 Å². The summed E-state index contributed by atoms with van der Waals surface area (Å²) in [4.78, 5) is 0. The molecule has 27 heavy (non-hydrogen) atoms. The lowest BCUT2D eigenvalue weighted by Crippen LogP contribution is -2.51. The predicted molar refractivity (Wildman–Crippen MR) is 79.4 cm³/mol. The summed E-state index contributed by atoms with van der Waals surface area (Å²) in [5.41, 5.74) is 0.394. The molecule has 12 heteroatoms. The fourth-order valence-electron chi connectivity index (χ4n) is 2.19. The number of rotatable bonds is 5. The minimum Gasteiger partial charge on any atom is -0.365 e. The quantitative estimate of drug-likeness (QED) is 0.666. The molecular weight excluding hydrogens is 383 g/mol. The van der Waals surface area contributed by atoms with Crippen molar-refractivity contribution in [2.45, 2.75) is 24.6 Å². The molecule has 1 aromatic carbocycles. The lowest BCUT2D eigenvalue weighted by molar-refractivity contribution is -0.361. The number of anilines is 1. The van der Waals surface area contributed by atoms with E-state index in [-0.39, 0.29) is 16.9 Å². The third-order valence-corrected chi connectivity index (χ3v) is 3.61. The van der Waals surface area contributed by atoms with Gasteiger partial charge in [0.2, 0.25) is 5.82 Å². The average molecular weight is 393 g/mol. The zero-order valence-corrected chi connectivity index (χ0v) is 13.2. The highest BCUT2D eigenvalue weighted by atomic mass is 19.4. The Kier molecular flexibility index (Phi) is 4.44. The van der Waals surface area contributed by atoms with Gasteiger partial charge >= 0.3 is 18.0 Å². The lowest BCUT2D eigenvalue weighted by Gasteiger charge is -2.26. The third kappa shape index (κ3) is 3.26. The van der Waals surface area contributed by atoms with Crippen LogP contribution in [0.2, 0.25) is 0 Å². The number of alkyl halides is 7. The Balaban J connectivity index is 1.95. The van der Waals surface area contributed by atoms with E-state index in [0.29, 0.717) is 0 Å². The summed E-state index contributed by atoms with van der Waals surface area (Å²) in [5.74, 6) is -14.0. The van der Waals surface area contributed by atoms with Crippen LogP contribution in [0, 0.1) is 0 Å². The molecule has 1 N–H and O–H groups in total. The van der Waals surface area contributed by atoms with Crippen LogP contribution in [-0.4, -0.2) is 31.9 Å². The van der Waals surface area contributed by atoms with Crippen molar-refractivity contribution in [3.8, 4) is 0 Å². The topological polar surface area (TPSA) is 55.1 Å². The van der Waals surface area contributed by atoms with Gasteiger partial charge in [-0.2, -0.15) is 35.2 Å². The highest BCUT2D eigenvalue weighted by Gasteiger charge is 2.75. The smallest absolute Gasteiger partial charge is 0.365 e. The molecule has 0 spiro atoms. The second-order valence-electron chi connectivity index (χ2n) is 5.50. The molecule has 0 aliphatic heterocycles. The number of aromatic nitrogens is 4. The summed E-state index contributed by atoms with van der Waals surface area (Å²) in [6.45, 7) is 0.214. The minimum absolute atomic E-state index is 0.0430. The number of nitrogens with zero attached hydrogens (tertiary/aromatic N) is 4. The van der Waals surface area contributed by atoms with Crippen molar-refractivity contribution in [3.05, 3.63) is 53.9 Å². The summed E-state index contributed by atoms with van der Waals surface area (Å²) < 4.78 is 91.7. The molecule has 0 saturated carbocycles. The molecule has 0 unspecified atom stereocenters. The van der Waals surface area contributed by atoms with Crippen LogP contribution in [-0.2, 0) is 12.5 Å². The van der Waals surface area contributed by atoms with E-state index >= 15 is 0 Å². The van der Waals surface area contributed by atoms with Gasteiger partial charge in [0.05, 0.1) is 0 Å². The monoisotopic (exact) mass is 393 g/mol. The van der Waals surface area contributed by atoms with Gasteiger partial charge < -0.3 is 5.32 Å². The molecule has 0 amide bonds. The molecule has 0 bridgehead atoms. The van der Waals surface area contributed by atoms with Crippen LogP contribution in [0.25, 0.3) is 5.65 Å². The Hall–Kier alpha value is -2.92. The van der Waals surface area contributed by atoms with E-state index in [1.807, 2.05) is 0 Å². The van der Waals surface area contributed by atoms with Gasteiger partial charge in [0.1, 0.15) is 5.82 Å². The molecule has 5 nitrogen and oxygen atoms in total. The van der Waals surface area contributed by atoms with Crippen molar-refractivity contribution < 1.29 is 30.7 Å². The van der Waals surface area contributed by atoms with E-state index < -0.39 is 29.5 Å². The summed E-state index contributed by atoms with van der Waals surface area (Å²) >= 11 is 0. The van der Waals surface area contributed by atoms with Gasteiger partial charge in [0.25, 0.3) is 0 Å². The number of nitrogens with one attached hydrogen (secondary N) is 1. The summed E-state index contributed by atoms with van der Waals surface area (Å²) in [6.07, 6.45) is -6.48. The standard InChI is InChI=1S/C15H10F7N5/c16-13(17,14(18,19)15(20,21)22)12-25-24-11-7-6-10(26-27(11)12)23-8-9-4-2-1-3-5-9/h1-7H,8H2,(H,23,26). The fourth-order valence-corrected chi connectivity index (χ4v) is 2.19. The van der Waals surface area contributed by atoms with E-state index in [1.54, 1.807) is 30.3 Å². The Morgan fingerprint density at radius 1 is 0.852 bits per heavy atom. The van der Waals surface area contributed by atoms with E-state index in [9.17, 15) is 30.7 Å². The van der Waals surface area contributed by atoms with Crippen LogP contribution in [0.5, 0.6) is 0 Å². The second kappa shape index (κ2) is 6.35. The molecule has 0 aliphatic rings. The summed E-state index contributed by atoms with van der Waals surface area (Å²) in [7, 11) is 0. The second-order valence-corrected chi connectivity index (χ2v) is 5.50. The molecule has 0 fully saturated rings. The predicted octanol–water partition coefficient (Wildman–Crippen LogP) is 4.03. The number of hydrogen-bond acceptors (Lipinski definition) is 4. The van der Waals surface area contributed by atoms with Crippen molar-refractivity contribution in [3.63, 3.8) is 0 Å². The van der Waals surface area contributed by atoms with E-state index in [2.05, 4.69) is 20.6 Å². The van der Waals surface area contributed by atoms with Gasteiger partial charge in [-0.3, -0.25) is 0 Å². The first kappa shape index (κ1) is 18.9. The Morgan fingerprint density at radius 3 is 2.15 bits per heavy atom. The van der Waals surface area contributed by atoms with Gasteiger partial charge in [-0.25, -0.2) is 0 Å². The first-order chi connectivity index (χ1) is 12.5. The van der Waals surface area contributed by atoms with Crippen molar-refractivity contribution in [1.29, 1.82) is 0 Å². The molecule has 0 saturated heterocycles. The number of benzene rings is 1. The zero-order chi connectivity index (χ0) is 19.9. The van der Waals surface area contributed by atoms with Crippen LogP contribution in [0.3, 0.4) is 0 Å². The van der Waals surface area contributed by atoms with Crippen LogP contribution in [0.15, 0.2) is 42.5 Å². The third-order valence-electron chi connectivity index (χ3n) is 3.61. The maximum atomic E-state index is 13.9. The first-order valence-electron chi connectivity index (χ1n) is 7.37. The normalized spacial score (nSPS) is 13.1. The summed E-state index contributed by atoms with van der Waals surface area (Å²) in [6, 6.07) is 11.2. The molecule has 2 aromatic heterocycles. The Morgan fingerprint density at radius 2 is 1.52 bits per heavy atom. The van der Waals surface area contributed by atoms with Crippen LogP contribution >= 0.6 is 0 Å². The largest absolute Gasteiger partial charge is 0.460 e. The maximum absolute atomic E-state index is 13.9. The Bertz CT molecular complexity index is 937. The van der Waals surface area contributed by atoms with E-state index in [1.165, 1.54) is 6.07 Å². The van der Waals surface area contributed by atoms with Crippen molar-refractivity contribution >= 4 is 11.5 Å². The molecule has 3 rings (SSSR count). The molecule has 3 aromatic rings. The molecule has 0 atom stereocenters. The zero-order valence-electron chi connectivity index (χ0n) is 13.2. The molecule has 2 heterocycles. The maximum Gasteiger partial charge on any atom is 0.460 e. The van der Waals surface area contributed by atoms with Crippen molar-refractivity contribution in [2.75, 3.05) is 5.32 Å². The minimum atomic E-state index is -6.48. The first-order valence-corrected chi connectivity index (χ1v) is 7.37. The highest BCUT2D eigenvalue weighted by Crippen LogP contribution is 2.51. The molecular formula is C15H10F7N5.